The summed E-state index contributed by atoms with van der Waals surface area (Å²) in [5.41, 5.74) is 2.79. The van der Waals surface area contributed by atoms with Gasteiger partial charge in [0.05, 0.1) is 22.0 Å². The summed E-state index contributed by atoms with van der Waals surface area (Å²) in [6, 6.07) is 9.92. The van der Waals surface area contributed by atoms with Crippen LogP contribution < -0.4 is 4.74 Å². The Morgan fingerprint density at radius 3 is 2.68 bits per heavy atom. The number of ether oxygens (including phenoxy) is 2. The first-order valence-electron chi connectivity index (χ1n) is 8.07. The second-order valence-corrected chi connectivity index (χ2v) is 6.71. The van der Waals surface area contributed by atoms with E-state index in [0.29, 0.717) is 11.8 Å². The van der Waals surface area contributed by atoms with Gasteiger partial charge in [-0.05, 0) is 24.3 Å². The Morgan fingerprint density at radius 1 is 1.20 bits per heavy atom. The van der Waals surface area contributed by atoms with E-state index in [1.807, 2.05) is 48.7 Å². The van der Waals surface area contributed by atoms with Crippen LogP contribution in [0.1, 0.15) is 36.0 Å². The van der Waals surface area contributed by atoms with Gasteiger partial charge >= 0.3 is 0 Å². The fourth-order valence-corrected chi connectivity index (χ4v) is 3.05. The molecule has 2 aromatic heterocycles. The summed E-state index contributed by atoms with van der Waals surface area (Å²) in [6.45, 7) is 4.45. The lowest BCUT2D eigenvalue weighted by Gasteiger charge is -2.01. The van der Waals surface area contributed by atoms with Crippen molar-refractivity contribution in [3.8, 4) is 11.6 Å². The van der Waals surface area contributed by atoms with Gasteiger partial charge in [-0.15, -0.1) is 16.4 Å². The summed E-state index contributed by atoms with van der Waals surface area (Å²) >= 11 is 1.68. The molecule has 1 aromatic carbocycles. The van der Waals surface area contributed by atoms with Crippen molar-refractivity contribution in [3.05, 3.63) is 58.2 Å². The minimum absolute atomic E-state index is 0.154. The molecule has 0 spiro atoms. The number of para-hydroxylation sites is 1. The highest BCUT2D eigenvalue weighted by atomic mass is 32.1. The number of rotatable bonds is 7. The molecule has 3 rings (SSSR count). The Labute approximate surface area is 151 Å². The summed E-state index contributed by atoms with van der Waals surface area (Å²) in [4.78, 5) is 4.62. The molecule has 3 aromatic rings. The van der Waals surface area contributed by atoms with E-state index in [-0.39, 0.29) is 6.79 Å². The number of hydrogen-bond donors (Lipinski definition) is 0. The number of hydrogen-bond acceptors (Lipinski definition) is 5. The zero-order valence-electron chi connectivity index (χ0n) is 14.5. The molecule has 25 heavy (non-hydrogen) atoms. The number of aromatic nitrogens is 3. The van der Waals surface area contributed by atoms with Gasteiger partial charge in [-0.2, -0.15) is 0 Å². The van der Waals surface area contributed by atoms with Gasteiger partial charge in [-0.3, -0.25) is 0 Å². The SMILES string of the molecule is COCOc1nn(-c2ccccc2)cc1C=Cc1csc(C(C)C)n1. The van der Waals surface area contributed by atoms with E-state index in [4.69, 9.17) is 9.47 Å². The summed E-state index contributed by atoms with van der Waals surface area (Å²) in [7, 11) is 1.59. The summed E-state index contributed by atoms with van der Waals surface area (Å²) < 4.78 is 12.4. The molecular weight excluding hydrogens is 334 g/mol. The second kappa shape index (κ2) is 8.09. The maximum Gasteiger partial charge on any atom is 0.242 e. The average molecular weight is 355 g/mol. The van der Waals surface area contributed by atoms with E-state index < -0.39 is 0 Å². The maximum absolute atomic E-state index is 5.60. The van der Waals surface area contributed by atoms with Gasteiger partial charge in [0.2, 0.25) is 5.88 Å². The smallest absolute Gasteiger partial charge is 0.242 e. The van der Waals surface area contributed by atoms with Crippen LogP contribution in [-0.4, -0.2) is 28.7 Å². The number of thiazole rings is 1. The lowest BCUT2D eigenvalue weighted by atomic mass is 10.2. The Balaban J connectivity index is 1.87. The van der Waals surface area contributed by atoms with Crippen molar-refractivity contribution in [2.75, 3.05) is 13.9 Å². The highest BCUT2D eigenvalue weighted by Gasteiger charge is 2.10. The largest absolute Gasteiger partial charge is 0.449 e. The van der Waals surface area contributed by atoms with Gasteiger partial charge in [-0.25, -0.2) is 9.67 Å². The summed E-state index contributed by atoms with van der Waals surface area (Å²) in [6.07, 6.45) is 5.89. The first-order chi connectivity index (χ1) is 12.2. The minimum Gasteiger partial charge on any atom is -0.449 e. The molecule has 0 amide bonds. The molecule has 0 atom stereocenters. The number of benzene rings is 1. The van der Waals surface area contributed by atoms with E-state index in [1.165, 1.54) is 0 Å². The third-order valence-corrected chi connectivity index (χ3v) is 4.67. The van der Waals surface area contributed by atoms with E-state index in [2.05, 4.69) is 29.3 Å². The lowest BCUT2D eigenvalue weighted by molar-refractivity contribution is 0.0474. The van der Waals surface area contributed by atoms with Crippen molar-refractivity contribution in [2.24, 2.45) is 0 Å². The molecular formula is C19H21N3O2S. The van der Waals surface area contributed by atoms with Crippen LogP contribution in [0.15, 0.2) is 41.9 Å². The quantitative estimate of drug-likeness (QED) is 0.581. The van der Waals surface area contributed by atoms with Crippen molar-refractivity contribution in [2.45, 2.75) is 19.8 Å². The van der Waals surface area contributed by atoms with Gasteiger partial charge in [0.1, 0.15) is 0 Å². The van der Waals surface area contributed by atoms with Crippen molar-refractivity contribution < 1.29 is 9.47 Å². The summed E-state index contributed by atoms with van der Waals surface area (Å²) in [5.74, 6) is 0.967. The molecule has 6 heteroatoms. The number of methoxy groups -OCH3 is 1. The van der Waals surface area contributed by atoms with Crippen LogP contribution in [0.5, 0.6) is 5.88 Å². The van der Waals surface area contributed by atoms with Crippen LogP contribution in [0.3, 0.4) is 0 Å². The van der Waals surface area contributed by atoms with Crippen LogP contribution >= 0.6 is 11.3 Å². The Kier molecular flexibility index (Phi) is 5.63. The molecule has 0 unspecified atom stereocenters. The predicted octanol–water partition coefficient (Wildman–Crippen LogP) is 4.61. The molecule has 0 saturated carbocycles. The van der Waals surface area contributed by atoms with Gasteiger partial charge in [0, 0.05) is 24.6 Å². The molecule has 0 fully saturated rings. The third kappa shape index (κ3) is 4.35. The molecule has 0 aliphatic heterocycles. The average Bonchev–Trinajstić information content (AvgIpc) is 3.26. The van der Waals surface area contributed by atoms with Crippen molar-refractivity contribution >= 4 is 23.5 Å². The van der Waals surface area contributed by atoms with Crippen molar-refractivity contribution in [3.63, 3.8) is 0 Å². The molecule has 5 nitrogen and oxygen atoms in total. The van der Waals surface area contributed by atoms with E-state index in [0.717, 1.165) is 22.0 Å². The fourth-order valence-electron chi connectivity index (χ4n) is 2.24. The lowest BCUT2D eigenvalue weighted by Crippen LogP contribution is -2.01. The standard InChI is InChI=1S/C19H21N3O2S/c1-14(2)19-20-16(12-25-19)10-9-15-11-22(17-7-5-4-6-8-17)21-18(15)24-13-23-3/h4-12,14H,13H2,1-3H3. The molecule has 0 saturated heterocycles. The van der Waals surface area contributed by atoms with Crippen LogP contribution in [0.25, 0.3) is 17.8 Å². The maximum atomic E-state index is 5.60. The zero-order chi connectivity index (χ0) is 17.6. The minimum atomic E-state index is 0.154. The molecule has 0 aliphatic rings. The van der Waals surface area contributed by atoms with E-state index in [1.54, 1.807) is 23.1 Å². The van der Waals surface area contributed by atoms with Gasteiger partial charge in [0.15, 0.2) is 6.79 Å². The fraction of sp³-hybridized carbons (Fsp3) is 0.263. The topological polar surface area (TPSA) is 49.2 Å². The van der Waals surface area contributed by atoms with Crippen LogP contribution in [0.4, 0.5) is 0 Å². The second-order valence-electron chi connectivity index (χ2n) is 5.82. The van der Waals surface area contributed by atoms with Crippen LogP contribution in [-0.2, 0) is 4.74 Å². The zero-order valence-corrected chi connectivity index (χ0v) is 15.4. The summed E-state index contributed by atoms with van der Waals surface area (Å²) in [5, 5.41) is 7.70. The Hall–Kier alpha value is -2.44. The third-order valence-electron chi connectivity index (χ3n) is 3.51. The molecule has 130 valence electrons. The van der Waals surface area contributed by atoms with Crippen LogP contribution in [0, 0.1) is 0 Å². The van der Waals surface area contributed by atoms with Crippen LogP contribution in [0.2, 0.25) is 0 Å². The molecule has 0 bridgehead atoms. The van der Waals surface area contributed by atoms with Gasteiger partial charge in [0.25, 0.3) is 0 Å². The highest BCUT2D eigenvalue weighted by Crippen LogP contribution is 2.24. The first-order valence-corrected chi connectivity index (χ1v) is 8.95. The van der Waals surface area contributed by atoms with E-state index in [9.17, 15) is 0 Å². The monoisotopic (exact) mass is 355 g/mol. The van der Waals surface area contributed by atoms with Crippen molar-refractivity contribution in [1.82, 2.24) is 14.8 Å². The highest BCUT2D eigenvalue weighted by molar-refractivity contribution is 7.09. The Morgan fingerprint density at radius 2 is 2.00 bits per heavy atom. The predicted molar refractivity (Wildman–Crippen MR) is 101 cm³/mol. The van der Waals surface area contributed by atoms with Crippen molar-refractivity contribution in [1.29, 1.82) is 0 Å². The van der Waals surface area contributed by atoms with Gasteiger partial charge < -0.3 is 9.47 Å². The Bertz CT molecular complexity index is 837. The first kappa shape index (κ1) is 17.4. The van der Waals surface area contributed by atoms with Gasteiger partial charge in [-0.1, -0.05) is 32.0 Å². The molecule has 0 aliphatic carbocycles. The normalized spacial score (nSPS) is 11.5. The molecule has 0 radical (unpaired) electrons. The molecule has 0 N–H and O–H groups in total. The molecule has 2 heterocycles. The number of nitrogens with zero attached hydrogens (tertiary/aromatic N) is 3. The van der Waals surface area contributed by atoms with E-state index >= 15 is 0 Å².